The van der Waals surface area contributed by atoms with E-state index >= 15 is 0 Å². The van der Waals surface area contributed by atoms with E-state index in [1.807, 2.05) is 0 Å². The highest BCUT2D eigenvalue weighted by molar-refractivity contribution is 6.01. The molecule has 1 aromatic carbocycles. The summed E-state index contributed by atoms with van der Waals surface area (Å²) in [6.45, 7) is 0.837. The Hall–Kier alpha value is -1.86. The van der Waals surface area contributed by atoms with Crippen molar-refractivity contribution in [3.63, 3.8) is 0 Å². The van der Waals surface area contributed by atoms with Crippen molar-refractivity contribution in [3.05, 3.63) is 35.4 Å². The molecule has 2 amide bonds. The number of aliphatic hydroxyl groups is 1. The van der Waals surface area contributed by atoms with Crippen molar-refractivity contribution in [2.75, 3.05) is 19.6 Å². The monoisotopic (exact) mass is 324 g/mol. The molecule has 0 aromatic heterocycles. The van der Waals surface area contributed by atoms with Crippen LogP contribution >= 0.6 is 0 Å². The summed E-state index contributed by atoms with van der Waals surface area (Å²) in [6.07, 6.45) is 0.0994. The lowest BCUT2D eigenvalue weighted by Crippen LogP contribution is -2.38. The third-order valence-electron chi connectivity index (χ3n) is 4.46. The molecule has 2 fully saturated rings. The largest absolute Gasteiger partial charge is 0.392 e. The molecular formula is C16H18F2N2O3. The van der Waals surface area contributed by atoms with Crippen molar-refractivity contribution in [2.45, 2.75) is 31.4 Å². The molecule has 1 aromatic rings. The van der Waals surface area contributed by atoms with E-state index in [4.69, 9.17) is 0 Å². The van der Waals surface area contributed by atoms with E-state index in [1.54, 1.807) is 4.90 Å². The summed E-state index contributed by atoms with van der Waals surface area (Å²) in [7, 11) is 0. The molecule has 124 valence electrons. The fourth-order valence-electron chi connectivity index (χ4n) is 3.32. The molecule has 2 saturated heterocycles. The first-order valence-electron chi connectivity index (χ1n) is 7.66. The second-order valence-corrected chi connectivity index (χ2v) is 6.01. The van der Waals surface area contributed by atoms with Crippen LogP contribution in [0.25, 0.3) is 0 Å². The Bertz CT molecular complexity index is 622. The molecule has 2 heterocycles. The quantitative estimate of drug-likeness (QED) is 0.846. The molecule has 0 saturated carbocycles. The Labute approximate surface area is 132 Å². The van der Waals surface area contributed by atoms with Gasteiger partial charge in [-0.25, -0.2) is 8.78 Å². The van der Waals surface area contributed by atoms with E-state index in [2.05, 4.69) is 0 Å². The van der Waals surface area contributed by atoms with Crippen LogP contribution in [0.1, 0.15) is 30.9 Å². The van der Waals surface area contributed by atoms with Crippen LogP contribution in [-0.4, -0.2) is 52.5 Å². The fraction of sp³-hybridized carbons (Fsp3) is 0.500. The van der Waals surface area contributed by atoms with Gasteiger partial charge in [0.1, 0.15) is 11.6 Å². The lowest BCUT2D eigenvalue weighted by atomic mass is 10.0. The number of nitrogens with zero attached hydrogens (tertiary/aromatic N) is 2. The Morgan fingerprint density at radius 3 is 2.52 bits per heavy atom. The number of benzene rings is 1. The fourth-order valence-corrected chi connectivity index (χ4v) is 3.32. The first-order valence-corrected chi connectivity index (χ1v) is 7.66. The summed E-state index contributed by atoms with van der Waals surface area (Å²) < 4.78 is 27.4. The zero-order chi connectivity index (χ0) is 16.6. The summed E-state index contributed by atoms with van der Waals surface area (Å²) in [5.41, 5.74) is 0.195. The van der Waals surface area contributed by atoms with E-state index in [-0.39, 0.29) is 36.8 Å². The van der Waals surface area contributed by atoms with Crippen molar-refractivity contribution < 1.29 is 23.5 Å². The Morgan fingerprint density at radius 2 is 1.83 bits per heavy atom. The first-order chi connectivity index (χ1) is 11.0. The van der Waals surface area contributed by atoms with Gasteiger partial charge in [0.25, 0.3) is 0 Å². The van der Waals surface area contributed by atoms with Crippen molar-refractivity contribution in [2.24, 2.45) is 0 Å². The SMILES string of the molecule is O=C1CCC(=O)N1CCN1C[C@@H](O)C[C@H]1c1cc(F)ccc1F. The summed E-state index contributed by atoms with van der Waals surface area (Å²) in [5, 5.41) is 9.88. The maximum absolute atomic E-state index is 14.0. The number of β-amino-alcohol motifs (C(OH)–C–C–N with tert-alkyl or cyclic N) is 1. The molecule has 2 aliphatic heterocycles. The molecule has 5 nitrogen and oxygen atoms in total. The third kappa shape index (κ3) is 3.25. The summed E-state index contributed by atoms with van der Waals surface area (Å²) in [6, 6.07) is 2.79. The van der Waals surface area contributed by atoms with E-state index in [0.29, 0.717) is 19.5 Å². The van der Waals surface area contributed by atoms with Crippen LogP contribution in [0.5, 0.6) is 0 Å². The predicted octanol–water partition coefficient (Wildman–Crippen LogP) is 1.22. The number of amides is 2. The normalized spacial score (nSPS) is 25.6. The third-order valence-corrected chi connectivity index (χ3v) is 4.46. The predicted molar refractivity (Wildman–Crippen MR) is 77.2 cm³/mol. The molecule has 23 heavy (non-hydrogen) atoms. The molecule has 0 unspecified atom stereocenters. The number of carbonyl (C=O) groups is 2. The average Bonchev–Trinajstić information content (AvgIpc) is 3.03. The number of aliphatic hydroxyl groups excluding tert-OH is 1. The van der Waals surface area contributed by atoms with Gasteiger partial charge in [0.15, 0.2) is 0 Å². The van der Waals surface area contributed by atoms with Gasteiger partial charge in [-0.15, -0.1) is 0 Å². The highest BCUT2D eigenvalue weighted by Crippen LogP contribution is 2.33. The Morgan fingerprint density at radius 1 is 1.13 bits per heavy atom. The second kappa shape index (κ2) is 6.33. The molecule has 1 N–H and O–H groups in total. The second-order valence-electron chi connectivity index (χ2n) is 6.01. The van der Waals surface area contributed by atoms with Gasteiger partial charge in [0.2, 0.25) is 11.8 Å². The van der Waals surface area contributed by atoms with Gasteiger partial charge in [-0.2, -0.15) is 0 Å². The molecule has 0 radical (unpaired) electrons. The van der Waals surface area contributed by atoms with Crippen LogP contribution in [0, 0.1) is 11.6 Å². The number of halogens is 2. The topological polar surface area (TPSA) is 60.9 Å². The van der Waals surface area contributed by atoms with Crippen molar-refractivity contribution in [1.82, 2.24) is 9.80 Å². The minimum Gasteiger partial charge on any atom is -0.392 e. The number of likely N-dealkylation sites (tertiary alicyclic amines) is 2. The van der Waals surface area contributed by atoms with Gasteiger partial charge in [-0.1, -0.05) is 0 Å². The summed E-state index contributed by atoms with van der Waals surface area (Å²) >= 11 is 0. The number of imide groups is 1. The molecule has 0 spiro atoms. The molecule has 0 bridgehead atoms. The molecule has 2 aliphatic rings. The zero-order valence-corrected chi connectivity index (χ0v) is 12.5. The Kier molecular flexibility index (Phi) is 4.41. The van der Waals surface area contributed by atoms with Gasteiger partial charge in [-0.05, 0) is 24.6 Å². The number of hydrogen-bond acceptors (Lipinski definition) is 4. The molecular weight excluding hydrogens is 306 g/mol. The van der Waals surface area contributed by atoms with Crippen LogP contribution in [0.3, 0.4) is 0 Å². The van der Waals surface area contributed by atoms with E-state index in [0.717, 1.165) is 18.2 Å². The van der Waals surface area contributed by atoms with Crippen LogP contribution in [0.15, 0.2) is 18.2 Å². The van der Waals surface area contributed by atoms with Crippen molar-refractivity contribution >= 4 is 11.8 Å². The van der Waals surface area contributed by atoms with Gasteiger partial charge in [-0.3, -0.25) is 19.4 Å². The van der Waals surface area contributed by atoms with Gasteiger partial charge in [0, 0.05) is 44.1 Å². The van der Waals surface area contributed by atoms with Crippen LogP contribution in [0.2, 0.25) is 0 Å². The average molecular weight is 324 g/mol. The van der Waals surface area contributed by atoms with Gasteiger partial charge in [0.05, 0.1) is 6.10 Å². The zero-order valence-electron chi connectivity index (χ0n) is 12.5. The lowest BCUT2D eigenvalue weighted by Gasteiger charge is -2.26. The van der Waals surface area contributed by atoms with Gasteiger partial charge < -0.3 is 5.11 Å². The summed E-state index contributed by atoms with van der Waals surface area (Å²) in [5.74, 6) is -1.47. The molecule has 2 atom stereocenters. The first kappa shape index (κ1) is 16.0. The van der Waals surface area contributed by atoms with E-state index in [9.17, 15) is 23.5 Å². The maximum Gasteiger partial charge on any atom is 0.229 e. The maximum atomic E-state index is 14.0. The minimum absolute atomic E-state index is 0.195. The molecule has 7 heteroatoms. The van der Waals surface area contributed by atoms with Crippen molar-refractivity contribution in [3.8, 4) is 0 Å². The number of rotatable bonds is 4. The van der Waals surface area contributed by atoms with Crippen LogP contribution in [-0.2, 0) is 9.59 Å². The smallest absolute Gasteiger partial charge is 0.229 e. The highest BCUT2D eigenvalue weighted by Gasteiger charge is 2.35. The summed E-state index contributed by atoms with van der Waals surface area (Å²) in [4.78, 5) is 26.3. The van der Waals surface area contributed by atoms with Gasteiger partial charge >= 0.3 is 0 Å². The van der Waals surface area contributed by atoms with E-state index in [1.165, 1.54) is 4.90 Å². The molecule has 3 rings (SSSR count). The molecule has 0 aliphatic carbocycles. The minimum atomic E-state index is -0.646. The van der Waals surface area contributed by atoms with Crippen molar-refractivity contribution in [1.29, 1.82) is 0 Å². The lowest BCUT2D eigenvalue weighted by molar-refractivity contribution is -0.138. The highest BCUT2D eigenvalue weighted by atomic mass is 19.1. The van der Waals surface area contributed by atoms with Crippen LogP contribution < -0.4 is 0 Å². The van der Waals surface area contributed by atoms with Crippen LogP contribution in [0.4, 0.5) is 8.78 Å². The van der Waals surface area contributed by atoms with E-state index < -0.39 is 23.8 Å². The standard InChI is InChI=1S/C16H18F2N2O3/c17-10-1-2-13(18)12(7-10)14-8-11(21)9-19(14)5-6-20-15(22)3-4-16(20)23/h1-2,7,11,14,21H,3-6,8-9H2/t11-,14-/m0/s1. The number of carbonyl (C=O) groups excluding carboxylic acids is 2. The number of hydrogen-bond donors (Lipinski definition) is 1. The Balaban J connectivity index is 1.73.